The fourth-order valence-corrected chi connectivity index (χ4v) is 0.808. The van der Waals surface area contributed by atoms with Crippen LogP contribution in [0.1, 0.15) is 20.8 Å². The highest BCUT2D eigenvalue weighted by molar-refractivity contribution is 7.80. The molecule has 5 heteroatoms. The summed E-state index contributed by atoms with van der Waals surface area (Å²) < 4.78 is 4.54. The largest absolute Gasteiger partial charge is 0.460 e. The van der Waals surface area contributed by atoms with Gasteiger partial charge >= 0.3 is 5.97 Å². The van der Waals surface area contributed by atoms with Crippen molar-refractivity contribution in [3.63, 3.8) is 0 Å². The quantitative estimate of drug-likeness (QED) is 0.298. The monoisotopic (exact) mass is 219 g/mol. The first kappa shape index (κ1) is 13.4. The number of carbonyl (C=O) groups is 2. The zero-order valence-electron chi connectivity index (χ0n) is 8.74. The van der Waals surface area contributed by atoms with Gasteiger partial charge in [0.15, 0.2) is 0 Å². The van der Waals surface area contributed by atoms with Gasteiger partial charge in [-0.25, -0.2) is 4.79 Å². The second kappa shape index (κ2) is 6.84. The van der Waals surface area contributed by atoms with Crippen LogP contribution in [0, 0.1) is 5.92 Å². The molecule has 0 saturated carbocycles. The third kappa shape index (κ3) is 5.24. The van der Waals surface area contributed by atoms with E-state index >= 15 is 0 Å². The van der Waals surface area contributed by atoms with E-state index in [9.17, 15) is 9.59 Å². The van der Waals surface area contributed by atoms with Gasteiger partial charge in [0.25, 0.3) is 5.78 Å². The minimum atomic E-state index is -0.788. The van der Waals surface area contributed by atoms with Gasteiger partial charge in [-0.05, 0) is 12.8 Å². The van der Waals surface area contributed by atoms with Crippen LogP contribution in [-0.2, 0) is 14.3 Å². The number of Topliss-reactive ketones (excluding diaryl/α,β-unsaturated/α-hetero) is 1. The van der Waals surface area contributed by atoms with Crippen LogP contribution in [0.25, 0.3) is 0 Å². The lowest BCUT2D eigenvalue weighted by atomic mass is 10.2. The number of nitrogens with one attached hydrogen (secondary N) is 1. The van der Waals surface area contributed by atoms with Crippen molar-refractivity contribution in [2.75, 3.05) is 13.2 Å². The number of rotatable bonds is 6. The fourth-order valence-electron chi connectivity index (χ4n) is 0.717. The van der Waals surface area contributed by atoms with Crippen LogP contribution in [0.4, 0.5) is 0 Å². The summed E-state index contributed by atoms with van der Waals surface area (Å²) in [5.41, 5.74) is 0. The van der Waals surface area contributed by atoms with Gasteiger partial charge in [0.2, 0.25) is 0 Å². The molecule has 0 aromatic carbocycles. The van der Waals surface area contributed by atoms with Crippen molar-refractivity contribution in [3.05, 3.63) is 0 Å². The van der Waals surface area contributed by atoms with Crippen LogP contribution in [-0.4, -0.2) is 30.3 Å². The van der Waals surface area contributed by atoms with Crippen LogP contribution < -0.4 is 5.32 Å². The van der Waals surface area contributed by atoms with E-state index in [1.807, 2.05) is 13.8 Å². The van der Waals surface area contributed by atoms with E-state index in [0.29, 0.717) is 5.92 Å². The summed E-state index contributed by atoms with van der Waals surface area (Å²) in [6.07, 6.45) is 0. The smallest absolute Gasteiger partial charge is 0.375 e. The van der Waals surface area contributed by atoms with E-state index in [2.05, 4.69) is 22.7 Å². The van der Waals surface area contributed by atoms with Crippen molar-refractivity contribution in [2.24, 2.45) is 5.92 Å². The number of hydrogen-bond acceptors (Lipinski definition) is 5. The molecule has 0 aromatic heterocycles. The Bertz CT molecular complexity index is 206. The van der Waals surface area contributed by atoms with E-state index < -0.39 is 11.8 Å². The maximum absolute atomic E-state index is 11.1. The van der Waals surface area contributed by atoms with E-state index in [-0.39, 0.29) is 18.5 Å². The summed E-state index contributed by atoms with van der Waals surface area (Å²) in [6, 6.07) is 0. The van der Waals surface area contributed by atoms with Gasteiger partial charge in [0, 0.05) is 0 Å². The van der Waals surface area contributed by atoms with Crippen LogP contribution in [0.15, 0.2) is 0 Å². The zero-order chi connectivity index (χ0) is 11.1. The van der Waals surface area contributed by atoms with Crippen molar-refractivity contribution >= 4 is 24.4 Å². The van der Waals surface area contributed by atoms with E-state index in [1.54, 1.807) is 6.92 Å². The van der Waals surface area contributed by atoms with Gasteiger partial charge in [0.05, 0.1) is 18.5 Å². The second-order valence-electron chi connectivity index (χ2n) is 3.21. The molecule has 0 aromatic rings. The van der Waals surface area contributed by atoms with Gasteiger partial charge in [-0.2, -0.15) is 12.6 Å². The van der Waals surface area contributed by atoms with Crippen molar-refractivity contribution in [3.8, 4) is 0 Å². The summed E-state index contributed by atoms with van der Waals surface area (Å²) in [5.74, 6) is -1.05. The minimum Gasteiger partial charge on any atom is -0.460 e. The van der Waals surface area contributed by atoms with Crippen LogP contribution >= 0.6 is 12.6 Å². The molecule has 0 aliphatic heterocycles. The molecule has 0 fully saturated rings. The molecule has 4 nitrogen and oxygen atoms in total. The molecular weight excluding hydrogens is 202 g/mol. The average Bonchev–Trinajstić information content (AvgIpc) is 2.13. The number of thiol groups is 1. The molecule has 1 unspecified atom stereocenters. The first-order valence-electron chi connectivity index (χ1n) is 4.60. The maximum Gasteiger partial charge on any atom is 0.375 e. The highest BCUT2D eigenvalue weighted by Gasteiger charge is 2.16. The lowest BCUT2D eigenvalue weighted by Crippen LogP contribution is -2.36. The average molecular weight is 219 g/mol. The number of carbonyl (C=O) groups excluding carboxylic acids is 2. The number of ketones is 1. The zero-order valence-corrected chi connectivity index (χ0v) is 9.64. The fraction of sp³-hybridized carbons (Fsp3) is 0.778. The van der Waals surface area contributed by atoms with E-state index in [1.165, 1.54) is 0 Å². The highest BCUT2D eigenvalue weighted by Crippen LogP contribution is 2.04. The summed E-state index contributed by atoms with van der Waals surface area (Å²) >= 11 is 4.20. The van der Waals surface area contributed by atoms with Crippen molar-refractivity contribution in [1.82, 2.24) is 5.32 Å². The molecule has 0 aliphatic rings. The minimum absolute atomic E-state index is 0.0226. The Hall–Kier alpha value is -0.550. The Kier molecular flexibility index (Phi) is 6.57. The molecule has 1 atom stereocenters. The Morgan fingerprint density at radius 2 is 2.00 bits per heavy atom. The van der Waals surface area contributed by atoms with Gasteiger partial charge in [-0.3, -0.25) is 10.1 Å². The lowest BCUT2D eigenvalue weighted by molar-refractivity contribution is -0.153. The van der Waals surface area contributed by atoms with Crippen LogP contribution in [0.3, 0.4) is 0 Å². The highest BCUT2D eigenvalue weighted by atomic mass is 32.1. The standard InChI is InChI=1S/C9H17NO3S/c1-4-13-9(12)7(11)5-10-8(14)6(2)3/h6,8,10,14H,4-5H2,1-3H3. The predicted octanol–water partition coefficient (Wildman–Crippen LogP) is 0.620. The lowest BCUT2D eigenvalue weighted by Gasteiger charge is -2.15. The Morgan fingerprint density at radius 3 is 2.43 bits per heavy atom. The Labute approximate surface area is 89.8 Å². The van der Waals surface area contributed by atoms with Crippen molar-refractivity contribution in [1.29, 1.82) is 0 Å². The molecule has 0 radical (unpaired) electrons. The molecular formula is C9H17NO3S. The third-order valence-electron chi connectivity index (χ3n) is 1.61. The maximum atomic E-state index is 11.1. The second-order valence-corrected chi connectivity index (χ2v) is 3.77. The van der Waals surface area contributed by atoms with Crippen molar-refractivity contribution in [2.45, 2.75) is 26.1 Å². The molecule has 0 rings (SSSR count). The molecule has 14 heavy (non-hydrogen) atoms. The first-order chi connectivity index (χ1) is 6.49. The molecule has 82 valence electrons. The SMILES string of the molecule is CCOC(=O)C(=O)CNC(S)C(C)C. The third-order valence-corrected chi connectivity index (χ3v) is 2.39. The summed E-state index contributed by atoms with van der Waals surface area (Å²) in [4.78, 5) is 22.0. The molecule has 0 amide bonds. The molecule has 0 heterocycles. The number of esters is 1. The van der Waals surface area contributed by atoms with E-state index in [4.69, 9.17) is 0 Å². The topological polar surface area (TPSA) is 55.4 Å². The molecule has 1 N–H and O–H groups in total. The Morgan fingerprint density at radius 1 is 1.43 bits per heavy atom. The molecule has 0 spiro atoms. The predicted molar refractivity (Wildman–Crippen MR) is 57.3 cm³/mol. The molecule has 0 saturated heterocycles. The van der Waals surface area contributed by atoms with Gasteiger partial charge in [-0.15, -0.1) is 0 Å². The summed E-state index contributed by atoms with van der Waals surface area (Å²) in [5, 5.41) is 2.75. The molecule has 0 aliphatic carbocycles. The van der Waals surface area contributed by atoms with Gasteiger partial charge < -0.3 is 4.74 Å². The van der Waals surface area contributed by atoms with Crippen LogP contribution in [0.2, 0.25) is 0 Å². The first-order valence-corrected chi connectivity index (χ1v) is 5.12. The molecule has 0 bridgehead atoms. The van der Waals surface area contributed by atoms with Crippen molar-refractivity contribution < 1.29 is 14.3 Å². The summed E-state index contributed by atoms with van der Waals surface area (Å²) in [6.45, 7) is 5.80. The van der Waals surface area contributed by atoms with E-state index in [0.717, 1.165) is 0 Å². The van der Waals surface area contributed by atoms with Crippen LogP contribution in [0.5, 0.6) is 0 Å². The number of hydrogen-bond donors (Lipinski definition) is 2. The van der Waals surface area contributed by atoms with Gasteiger partial charge in [-0.1, -0.05) is 13.8 Å². The Balaban J connectivity index is 3.79. The van der Waals surface area contributed by atoms with Gasteiger partial charge in [0.1, 0.15) is 0 Å². The summed E-state index contributed by atoms with van der Waals surface area (Å²) in [7, 11) is 0. The number of ether oxygens (including phenoxy) is 1. The normalized spacial score (nSPS) is 12.6.